The first-order valence-corrected chi connectivity index (χ1v) is 12.9. The standard InChI is InChI=1S/C26H20Cl2N2O5S/c27-22-15-10-18(16-23(22)28)30-36(32,33)21-13-11-19(12-14-21)34-17-26(31)29-24-8-4-5-9-25(24)35-20-6-2-1-3-7-20/h1-16,30H,17H2,(H,29,31). The Morgan fingerprint density at radius 1 is 0.778 bits per heavy atom. The average molecular weight is 543 g/mol. The molecule has 0 unspecified atom stereocenters. The summed E-state index contributed by atoms with van der Waals surface area (Å²) in [6.07, 6.45) is 0. The van der Waals surface area contributed by atoms with Crippen LogP contribution in [0.5, 0.6) is 17.2 Å². The summed E-state index contributed by atoms with van der Waals surface area (Å²) < 4.78 is 39.1. The number of benzene rings is 4. The summed E-state index contributed by atoms with van der Waals surface area (Å²) in [5.74, 6) is 1.05. The minimum Gasteiger partial charge on any atom is -0.484 e. The maximum atomic E-state index is 12.6. The Morgan fingerprint density at radius 3 is 2.19 bits per heavy atom. The fourth-order valence-electron chi connectivity index (χ4n) is 3.10. The molecule has 0 fully saturated rings. The zero-order valence-corrected chi connectivity index (χ0v) is 21.0. The molecule has 0 radical (unpaired) electrons. The maximum Gasteiger partial charge on any atom is 0.262 e. The van der Waals surface area contributed by atoms with Gasteiger partial charge in [0.25, 0.3) is 15.9 Å². The minimum atomic E-state index is -3.86. The summed E-state index contributed by atoms with van der Waals surface area (Å²) in [5, 5.41) is 3.30. The van der Waals surface area contributed by atoms with E-state index in [2.05, 4.69) is 10.0 Å². The van der Waals surface area contributed by atoms with Gasteiger partial charge in [0.1, 0.15) is 11.5 Å². The molecule has 0 saturated heterocycles. The monoisotopic (exact) mass is 542 g/mol. The molecule has 2 N–H and O–H groups in total. The molecule has 4 aromatic rings. The van der Waals surface area contributed by atoms with Gasteiger partial charge in [0.05, 0.1) is 26.3 Å². The van der Waals surface area contributed by atoms with Crippen LogP contribution in [-0.4, -0.2) is 20.9 Å². The molecule has 0 aliphatic carbocycles. The van der Waals surface area contributed by atoms with Crippen LogP contribution in [0.2, 0.25) is 10.0 Å². The topological polar surface area (TPSA) is 93.7 Å². The molecule has 1 amide bonds. The van der Waals surface area contributed by atoms with E-state index in [-0.39, 0.29) is 22.2 Å². The lowest BCUT2D eigenvalue weighted by Crippen LogP contribution is -2.20. The second kappa shape index (κ2) is 11.3. The summed E-state index contributed by atoms with van der Waals surface area (Å²) in [6.45, 7) is -0.284. The Balaban J connectivity index is 1.35. The van der Waals surface area contributed by atoms with E-state index >= 15 is 0 Å². The summed E-state index contributed by atoms with van der Waals surface area (Å²) in [6, 6.07) is 26.3. The van der Waals surface area contributed by atoms with Crippen LogP contribution >= 0.6 is 23.2 Å². The van der Waals surface area contributed by atoms with Crippen molar-refractivity contribution < 1.29 is 22.7 Å². The van der Waals surface area contributed by atoms with Crippen LogP contribution in [0.3, 0.4) is 0 Å². The highest BCUT2D eigenvalue weighted by atomic mass is 35.5. The largest absolute Gasteiger partial charge is 0.484 e. The van der Waals surface area contributed by atoms with Crippen LogP contribution in [0, 0.1) is 0 Å². The van der Waals surface area contributed by atoms with Gasteiger partial charge in [-0.1, -0.05) is 53.5 Å². The van der Waals surface area contributed by atoms with E-state index in [0.29, 0.717) is 28.0 Å². The van der Waals surface area contributed by atoms with E-state index in [9.17, 15) is 13.2 Å². The molecular formula is C26H20Cl2N2O5S. The highest BCUT2D eigenvalue weighted by molar-refractivity contribution is 7.92. The highest BCUT2D eigenvalue weighted by Crippen LogP contribution is 2.29. The van der Waals surface area contributed by atoms with Crippen molar-refractivity contribution in [1.29, 1.82) is 0 Å². The normalized spacial score (nSPS) is 10.9. The Morgan fingerprint density at radius 2 is 1.47 bits per heavy atom. The number of carbonyl (C=O) groups excluding carboxylic acids is 1. The first-order chi connectivity index (χ1) is 17.3. The molecule has 0 heterocycles. The van der Waals surface area contributed by atoms with Crippen molar-refractivity contribution >= 4 is 50.5 Å². The molecular weight excluding hydrogens is 523 g/mol. The van der Waals surface area contributed by atoms with Crippen LogP contribution in [-0.2, 0) is 14.8 Å². The fourth-order valence-corrected chi connectivity index (χ4v) is 4.45. The SMILES string of the molecule is O=C(COc1ccc(S(=O)(=O)Nc2ccc(Cl)c(Cl)c2)cc1)Nc1ccccc1Oc1ccccc1. The number of hydrogen-bond acceptors (Lipinski definition) is 5. The van der Waals surface area contributed by atoms with Gasteiger partial charge in [0.15, 0.2) is 12.4 Å². The molecule has 0 saturated carbocycles. The van der Waals surface area contributed by atoms with Gasteiger partial charge >= 0.3 is 0 Å². The predicted molar refractivity (Wildman–Crippen MR) is 141 cm³/mol. The lowest BCUT2D eigenvalue weighted by Gasteiger charge is -2.13. The Labute approximate surface area is 218 Å². The second-order valence-electron chi connectivity index (χ2n) is 7.45. The number of amides is 1. The number of para-hydroxylation sites is 3. The van der Waals surface area contributed by atoms with Crippen LogP contribution in [0.4, 0.5) is 11.4 Å². The van der Waals surface area contributed by atoms with Crippen molar-refractivity contribution in [1.82, 2.24) is 0 Å². The molecule has 0 aromatic heterocycles. The molecule has 10 heteroatoms. The molecule has 4 rings (SSSR count). The fraction of sp³-hybridized carbons (Fsp3) is 0.0385. The van der Waals surface area contributed by atoms with Crippen molar-refractivity contribution in [3.8, 4) is 17.2 Å². The number of nitrogens with one attached hydrogen (secondary N) is 2. The van der Waals surface area contributed by atoms with Crippen molar-refractivity contribution in [2.24, 2.45) is 0 Å². The molecule has 36 heavy (non-hydrogen) atoms. The van der Waals surface area contributed by atoms with Crippen molar-refractivity contribution in [2.75, 3.05) is 16.6 Å². The third-order valence-corrected chi connectivity index (χ3v) is 6.94. The lowest BCUT2D eigenvalue weighted by molar-refractivity contribution is -0.118. The van der Waals surface area contributed by atoms with E-state index in [1.54, 1.807) is 24.3 Å². The summed E-state index contributed by atoms with van der Waals surface area (Å²) in [7, 11) is -3.86. The quantitative estimate of drug-likeness (QED) is 0.248. The summed E-state index contributed by atoms with van der Waals surface area (Å²) in [4.78, 5) is 12.5. The number of anilines is 2. The lowest BCUT2D eigenvalue weighted by atomic mass is 10.3. The van der Waals surface area contributed by atoms with Gasteiger partial charge in [0, 0.05) is 0 Å². The zero-order valence-electron chi connectivity index (χ0n) is 18.7. The number of sulfonamides is 1. The van der Waals surface area contributed by atoms with E-state index < -0.39 is 15.9 Å². The second-order valence-corrected chi connectivity index (χ2v) is 9.95. The minimum absolute atomic E-state index is 0.0114. The van der Waals surface area contributed by atoms with E-state index in [1.165, 1.54) is 42.5 Å². The van der Waals surface area contributed by atoms with Crippen LogP contribution in [0.1, 0.15) is 0 Å². The average Bonchev–Trinajstić information content (AvgIpc) is 2.87. The first-order valence-electron chi connectivity index (χ1n) is 10.6. The highest BCUT2D eigenvalue weighted by Gasteiger charge is 2.15. The van der Waals surface area contributed by atoms with Crippen molar-refractivity contribution in [3.63, 3.8) is 0 Å². The molecule has 0 spiro atoms. The molecule has 184 valence electrons. The number of hydrogen-bond donors (Lipinski definition) is 2. The van der Waals surface area contributed by atoms with Gasteiger partial charge in [-0.15, -0.1) is 0 Å². The number of halogens is 2. The van der Waals surface area contributed by atoms with Gasteiger partial charge in [0.2, 0.25) is 0 Å². The van der Waals surface area contributed by atoms with E-state index in [4.69, 9.17) is 32.7 Å². The Hall–Kier alpha value is -3.72. The van der Waals surface area contributed by atoms with Gasteiger partial charge in [-0.2, -0.15) is 0 Å². The summed E-state index contributed by atoms with van der Waals surface area (Å²) >= 11 is 11.8. The number of carbonyl (C=O) groups is 1. The van der Waals surface area contributed by atoms with Crippen molar-refractivity contribution in [2.45, 2.75) is 4.90 Å². The Kier molecular flexibility index (Phi) is 8.00. The van der Waals surface area contributed by atoms with Crippen LogP contribution < -0.4 is 19.5 Å². The van der Waals surface area contributed by atoms with Crippen molar-refractivity contribution in [3.05, 3.63) is 107 Å². The van der Waals surface area contributed by atoms with E-state index in [0.717, 1.165) is 0 Å². The number of ether oxygens (including phenoxy) is 2. The molecule has 0 bridgehead atoms. The van der Waals surface area contributed by atoms with Gasteiger partial charge < -0.3 is 14.8 Å². The molecule has 4 aromatic carbocycles. The molecule has 0 aliphatic heterocycles. The zero-order chi connectivity index (χ0) is 25.5. The smallest absolute Gasteiger partial charge is 0.262 e. The van der Waals surface area contributed by atoms with Crippen LogP contribution in [0.15, 0.2) is 102 Å². The van der Waals surface area contributed by atoms with Gasteiger partial charge in [-0.05, 0) is 66.7 Å². The maximum absolute atomic E-state index is 12.6. The third-order valence-electron chi connectivity index (χ3n) is 4.81. The van der Waals surface area contributed by atoms with Gasteiger partial charge in [-0.25, -0.2) is 8.42 Å². The van der Waals surface area contributed by atoms with E-state index in [1.807, 2.05) is 30.3 Å². The first kappa shape index (κ1) is 25.4. The Bertz CT molecular complexity index is 1460. The third kappa shape index (κ3) is 6.69. The van der Waals surface area contributed by atoms with Crippen LogP contribution in [0.25, 0.3) is 0 Å². The molecule has 0 aliphatic rings. The number of rotatable bonds is 9. The molecule has 0 atom stereocenters. The molecule has 7 nitrogen and oxygen atoms in total. The van der Waals surface area contributed by atoms with Gasteiger partial charge in [-0.3, -0.25) is 9.52 Å². The summed E-state index contributed by atoms with van der Waals surface area (Å²) in [5.41, 5.74) is 0.766. The predicted octanol–water partition coefficient (Wildman–Crippen LogP) is 6.60.